The van der Waals surface area contributed by atoms with Crippen LogP contribution in [0.4, 0.5) is 0 Å². The molecule has 4 nitrogen and oxygen atoms in total. The fraction of sp³-hybridized carbons (Fsp3) is 0.429. The van der Waals surface area contributed by atoms with Crippen LogP contribution < -0.4 is 9.47 Å². The van der Waals surface area contributed by atoms with E-state index >= 15 is 0 Å². The van der Waals surface area contributed by atoms with Gasteiger partial charge in [-0.05, 0) is 42.6 Å². The van der Waals surface area contributed by atoms with Crippen LogP contribution in [0.2, 0.25) is 0 Å². The van der Waals surface area contributed by atoms with E-state index in [0.29, 0.717) is 5.75 Å². The van der Waals surface area contributed by atoms with Gasteiger partial charge in [-0.1, -0.05) is 29.8 Å². The molecule has 1 aromatic rings. The predicted molar refractivity (Wildman–Crippen MR) is 80.2 cm³/mol. The Morgan fingerprint density at radius 1 is 1.25 bits per heavy atom. The lowest BCUT2D eigenvalue weighted by molar-refractivity contribution is -0.150. The molecule has 0 aromatic heterocycles. The van der Waals surface area contributed by atoms with Crippen molar-refractivity contribution in [3.05, 3.63) is 22.7 Å². The van der Waals surface area contributed by atoms with Crippen LogP contribution in [-0.2, 0) is 9.59 Å². The predicted octanol–water partition coefficient (Wildman–Crippen LogP) is 3.93. The molecule has 0 bridgehead atoms. The molecule has 0 spiro atoms. The summed E-state index contributed by atoms with van der Waals surface area (Å²) in [7, 11) is 1.47. The van der Waals surface area contributed by atoms with Crippen LogP contribution in [0.3, 0.4) is 0 Å². The van der Waals surface area contributed by atoms with Crippen molar-refractivity contribution in [1.29, 1.82) is 0 Å². The smallest absolute Gasteiger partial charge is 0.326 e. The molecular weight excluding hydrogens is 348 g/mol. The fourth-order valence-corrected chi connectivity index (χ4v) is 2.50. The van der Waals surface area contributed by atoms with Crippen LogP contribution in [-0.4, -0.2) is 18.3 Å². The minimum Gasteiger partial charge on any atom is -0.493 e. The third-order valence-electron chi connectivity index (χ3n) is 3.30. The molecule has 20 heavy (non-hydrogen) atoms. The number of rotatable bonds is 6. The summed E-state index contributed by atoms with van der Waals surface area (Å²) in [5, 5.41) is -0.705. The van der Waals surface area contributed by atoms with Gasteiger partial charge in [0.2, 0.25) is 5.24 Å². The summed E-state index contributed by atoms with van der Waals surface area (Å²) in [6, 6.07) is 4.98. The van der Waals surface area contributed by atoms with Crippen molar-refractivity contribution in [1.82, 2.24) is 0 Å². The van der Waals surface area contributed by atoms with Crippen LogP contribution in [0.25, 0.3) is 0 Å². The molecule has 0 fully saturated rings. The zero-order chi connectivity index (χ0) is 15.3. The highest BCUT2D eigenvalue weighted by molar-refractivity contribution is 9.10. The summed E-state index contributed by atoms with van der Waals surface area (Å²) in [6.45, 7) is 3.45. The maximum absolute atomic E-state index is 12.3. The lowest BCUT2D eigenvalue weighted by Gasteiger charge is -2.24. The van der Waals surface area contributed by atoms with E-state index in [9.17, 15) is 9.59 Å². The van der Waals surface area contributed by atoms with E-state index in [0.717, 1.165) is 4.47 Å². The molecule has 0 aliphatic carbocycles. The molecule has 1 rings (SSSR count). The van der Waals surface area contributed by atoms with E-state index in [-0.39, 0.29) is 18.6 Å². The van der Waals surface area contributed by atoms with Gasteiger partial charge < -0.3 is 9.47 Å². The molecule has 0 atom stereocenters. The van der Waals surface area contributed by atoms with Crippen LogP contribution >= 0.6 is 27.5 Å². The Morgan fingerprint density at radius 3 is 2.30 bits per heavy atom. The van der Waals surface area contributed by atoms with Crippen molar-refractivity contribution in [3.63, 3.8) is 0 Å². The standard InChI is InChI=1S/C14H16BrClO4/c1-4-14(5-2,12(16)17)13(18)20-10-7-6-9(15)8-11(10)19-3/h6-8H,4-5H2,1-3H3. The third kappa shape index (κ3) is 3.33. The minimum atomic E-state index is -1.32. The van der Waals surface area contributed by atoms with Crippen LogP contribution in [0, 0.1) is 5.41 Å². The largest absolute Gasteiger partial charge is 0.493 e. The average molecular weight is 364 g/mol. The lowest BCUT2D eigenvalue weighted by atomic mass is 9.84. The number of halogens is 2. The van der Waals surface area contributed by atoms with Crippen LogP contribution in [0.5, 0.6) is 11.5 Å². The monoisotopic (exact) mass is 362 g/mol. The number of benzene rings is 1. The maximum Gasteiger partial charge on any atom is 0.326 e. The van der Waals surface area contributed by atoms with E-state index < -0.39 is 16.6 Å². The number of hydrogen-bond acceptors (Lipinski definition) is 4. The number of esters is 1. The van der Waals surface area contributed by atoms with E-state index in [1.165, 1.54) is 7.11 Å². The zero-order valence-electron chi connectivity index (χ0n) is 11.5. The van der Waals surface area contributed by atoms with Gasteiger partial charge in [0.15, 0.2) is 11.5 Å². The van der Waals surface area contributed by atoms with Crippen molar-refractivity contribution >= 4 is 38.7 Å². The van der Waals surface area contributed by atoms with E-state index in [2.05, 4.69) is 15.9 Å². The molecule has 1 aromatic carbocycles. The zero-order valence-corrected chi connectivity index (χ0v) is 13.9. The molecular formula is C14H16BrClO4. The Morgan fingerprint density at radius 2 is 1.85 bits per heavy atom. The molecule has 0 heterocycles. The summed E-state index contributed by atoms with van der Waals surface area (Å²) in [6.07, 6.45) is 0.563. The summed E-state index contributed by atoms with van der Waals surface area (Å²) in [5.41, 5.74) is -1.32. The molecule has 0 unspecified atom stereocenters. The van der Waals surface area contributed by atoms with Crippen molar-refractivity contribution in [2.45, 2.75) is 26.7 Å². The van der Waals surface area contributed by atoms with E-state index in [1.54, 1.807) is 32.0 Å². The Hall–Kier alpha value is -1.07. The number of carbonyl (C=O) groups is 2. The highest BCUT2D eigenvalue weighted by atomic mass is 79.9. The van der Waals surface area contributed by atoms with Crippen molar-refractivity contribution < 1.29 is 19.1 Å². The number of hydrogen-bond donors (Lipinski definition) is 0. The first-order valence-corrected chi connectivity index (χ1v) is 7.34. The molecule has 0 saturated heterocycles. The quantitative estimate of drug-likeness (QED) is 0.332. The number of ether oxygens (including phenoxy) is 2. The Bertz CT molecular complexity index is 512. The van der Waals surface area contributed by atoms with Gasteiger partial charge in [-0.25, -0.2) is 0 Å². The maximum atomic E-state index is 12.3. The van der Waals surface area contributed by atoms with E-state index in [1.807, 2.05) is 0 Å². The van der Waals surface area contributed by atoms with Gasteiger partial charge in [-0.3, -0.25) is 9.59 Å². The average Bonchev–Trinajstić information content (AvgIpc) is 2.42. The molecule has 110 valence electrons. The Balaban J connectivity index is 3.09. The number of methoxy groups -OCH3 is 1. The molecule has 0 saturated carbocycles. The van der Waals surface area contributed by atoms with Crippen LogP contribution in [0.15, 0.2) is 22.7 Å². The van der Waals surface area contributed by atoms with Crippen molar-refractivity contribution in [3.8, 4) is 11.5 Å². The fourth-order valence-electron chi connectivity index (χ4n) is 1.82. The van der Waals surface area contributed by atoms with Gasteiger partial charge in [0.25, 0.3) is 0 Å². The van der Waals surface area contributed by atoms with Crippen molar-refractivity contribution in [2.75, 3.05) is 7.11 Å². The molecule has 6 heteroatoms. The highest BCUT2D eigenvalue weighted by Gasteiger charge is 2.43. The molecule has 0 N–H and O–H groups in total. The van der Waals surface area contributed by atoms with E-state index in [4.69, 9.17) is 21.1 Å². The Kier molecular flexibility index (Phi) is 6.02. The lowest BCUT2D eigenvalue weighted by Crippen LogP contribution is -2.39. The normalized spacial score (nSPS) is 11.1. The van der Waals surface area contributed by atoms with Gasteiger partial charge in [0, 0.05) is 4.47 Å². The summed E-state index contributed by atoms with van der Waals surface area (Å²) >= 11 is 8.88. The molecule has 0 aliphatic heterocycles. The van der Waals surface area contributed by atoms with Gasteiger partial charge in [0.05, 0.1) is 7.11 Å². The molecule has 0 aliphatic rings. The molecule has 0 radical (unpaired) electrons. The van der Waals surface area contributed by atoms with Crippen molar-refractivity contribution in [2.24, 2.45) is 5.41 Å². The second kappa shape index (κ2) is 7.09. The minimum absolute atomic E-state index is 0.255. The second-order valence-electron chi connectivity index (χ2n) is 4.25. The second-order valence-corrected chi connectivity index (χ2v) is 5.51. The highest BCUT2D eigenvalue weighted by Crippen LogP contribution is 2.35. The first-order valence-electron chi connectivity index (χ1n) is 6.17. The first-order chi connectivity index (χ1) is 9.41. The van der Waals surface area contributed by atoms with Crippen LogP contribution in [0.1, 0.15) is 26.7 Å². The van der Waals surface area contributed by atoms with Gasteiger partial charge in [-0.15, -0.1) is 0 Å². The topological polar surface area (TPSA) is 52.6 Å². The van der Waals surface area contributed by atoms with Gasteiger partial charge in [-0.2, -0.15) is 0 Å². The molecule has 0 amide bonds. The summed E-state index contributed by atoms with van der Waals surface area (Å²) in [4.78, 5) is 23.9. The summed E-state index contributed by atoms with van der Waals surface area (Å²) < 4.78 is 11.2. The first kappa shape index (κ1) is 17.0. The van der Waals surface area contributed by atoms with Gasteiger partial charge >= 0.3 is 5.97 Å². The Labute approximate surface area is 131 Å². The third-order valence-corrected chi connectivity index (χ3v) is 4.16. The SMILES string of the molecule is CCC(CC)(C(=O)Cl)C(=O)Oc1ccc(Br)cc1OC. The number of carbonyl (C=O) groups excluding carboxylic acids is 2. The summed E-state index contributed by atoms with van der Waals surface area (Å²) in [5.74, 6) is -0.0103. The van der Waals surface area contributed by atoms with Gasteiger partial charge in [0.1, 0.15) is 5.41 Å².